The molecule has 3 aliphatic heterocycles. The third-order valence-corrected chi connectivity index (χ3v) is 5.67. The van der Waals surface area contributed by atoms with Crippen molar-refractivity contribution >= 4 is 5.71 Å². The molecular formula is C21H23F2N2O+. The van der Waals surface area contributed by atoms with E-state index in [1.54, 1.807) is 24.3 Å². The van der Waals surface area contributed by atoms with E-state index in [9.17, 15) is 8.78 Å². The second kappa shape index (κ2) is 6.80. The van der Waals surface area contributed by atoms with E-state index in [0.717, 1.165) is 40.7 Å². The number of nitrogens with zero attached hydrogens (tertiary/aromatic N) is 2. The van der Waals surface area contributed by atoms with E-state index >= 15 is 0 Å². The van der Waals surface area contributed by atoms with Crippen molar-refractivity contribution in [3.05, 3.63) is 71.3 Å². The number of hydrogen-bond donors (Lipinski definition) is 0. The van der Waals surface area contributed by atoms with Crippen LogP contribution in [0.15, 0.2) is 53.7 Å². The summed E-state index contributed by atoms with van der Waals surface area (Å²) in [4.78, 5) is 5.96. The Morgan fingerprint density at radius 2 is 1.42 bits per heavy atom. The highest BCUT2D eigenvalue weighted by molar-refractivity contribution is 5.88. The molecule has 136 valence electrons. The molecule has 3 heterocycles. The fourth-order valence-corrected chi connectivity index (χ4v) is 4.02. The molecule has 0 spiro atoms. The summed E-state index contributed by atoms with van der Waals surface area (Å²) in [7, 11) is 2.27. The Kier molecular flexibility index (Phi) is 4.49. The van der Waals surface area contributed by atoms with E-state index in [1.807, 2.05) is 0 Å². The highest BCUT2D eigenvalue weighted by atomic mass is 19.1. The third-order valence-electron chi connectivity index (χ3n) is 5.67. The first-order chi connectivity index (χ1) is 12.5. The van der Waals surface area contributed by atoms with E-state index in [2.05, 4.69) is 12.2 Å². The molecule has 3 aliphatic rings. The zero-order valence-electron chi connectivity index (χ0n) is 14.9. The van der Waals surface area contributed by atoms with Crippen LogP contribution in [0.4, 0.5) is 8.78 Å². The molecule has 0 unspecified atom stereocenters. The van der Waals surface area contributed by atoms with Crippen LogP contribution in [-0.4, -0.2) is 36.9 Å². The molecule has 3 saturated heterocycles. The normalized spacial score (nSPS) is 26.5. The smallest absolute Gasteiger partial charge is 0.177 e. The first kappa shape index (κ1) is 17.2. The van der Waals surface area contributed by atoms with Crippen LogP contribution < -0.4 is 0 Å². The summed E-state index contributed by atoms with van der Waals surface area (Å²) in [5, 5.41) is 4.52. The standard InChI is InChI=1S/C21H23F2N2O/c1-25-12-10-15(11-13-25)20(14-25)24-26-21(16-2-6-18(22)7-3-16)17-4-8-19(23)9-5-17/h2-9,15,21H,10-14H2,1H3/q+1. The lowest BCUT2D eigenvalue weighted by Crippen LogP contribution is -2.59. The van der Waals surface area contributed by atoms with Crippen LogP contribution in [0.5, 0.6) is 0 Å². The van der Waals surface area contributed by atoms with Gasteiger partial charge in [-0.05, 0) is 35.4 Å². The number of halogens is 2. The number of benzene rings is 2. The summed E-state index contributed by atoms with van der Waals surface area (Å²) in [6.07, 6.45) is 1.82. The van der Waals surface area contributed by atoms with Gasteiger partial charge in [0, 0.05) is 18.8 Å². The molecule has 0 aliphatic carbocycles. The van der Waals surface area contributed by atoms with Crippen molar-refractivity contribution in [2.24, 2.45) is 11.1 Å². The molecule has 0 atom stereocenters. The van der Waals surface area contributed by atoms with Gasteiger partial charge in [-0.1, -0.05) is 29.4 Å². The van der Waals surface area contributed by atoms with Gasteiger partial charge >= 0.3 is 0 Å². The Morgan fingerprint density at radius 3 is 1.88 bits per heavy atom. The molecule has 3 nitrogen and oxygen atoms in total. The maximum Gasteiger partial charge on any atom is 0.177 e. The highest BCUT2D eigenvalue weighted by Crippen LogP contribution is 2.32. The topological polar surface area (TPSA) is 21.6 Å². The molecule has 26 heavy (non-hydrogen) atoms. The van der Waals surface area contributed by atoms with Crippen LogP contribution in [0, 0.1) is 17.6 Å². The minimum atomic E-state index is -0.482. The second-order valence-electron chi connectivity index (χ2n) is 7.67. The van der Waals surface area contributed by atoms with Crippen LogP contribution in [0.25, 0.3) is 0 Å². The summed E-state index contributed by atoms with van der Waals surface area (Å²) in [6, 6.07) is 12.4. The van der Waals surface area contributed by atoms with Gasteiger partial charge in [0.2, 0.25) is 0 Å². The van der Waals surface area contributed by atoms with Gasteiger partial charge in [0.05, 0.1) is 20.1 Å². The van der Waals surface area contributed by atoms with Crippen LogP contribution in [-0.2, 0) is 4.84 Å². The lowest BCUT2D eigenvalue weighted by Gasteiger charge is -2.46. The molecule has 2 aromatic rings. The molecule has 0 aromatic heterocycles. The van der Waals surface area contributed by atoms with Gasteiger partial charge in [0.1, 0.15) is 23.9 Å². The molecule has 5 rings (SSSR count). The van der Waals surface area contributed by atoms with Crippen molar-refractivity contribution in [1.29, 1.82) is 0 Å². The summed E-state index contributed by atoms with van der Waals surface area (Å²) in [6.45, 7) is 3.32. The molecule has 0 saturated carbocycles. The van der Waals surface area contributed by atoms with E-state index in [0.29, 0.717) is 5.92 Å². The summed E-state index contributed by atoms with van der Waals surface area (Å²) >= 11 is 0. The van der Waals surface area contributed by atoms with Gasteiger partial charge in [0.15, 0.2) is 6.10 Å². The van der Waals surface area contributed by atoms with Crippen molar-refractivity contribution in [3.63, 3.8) is 0 Å². The quantitative estimate of drug-likeness (QED) is 0.591. The summed E-state index contributed by atoms with van der Waals surface area (Å²) < 4.78 is 27.6. The molecule has 2 aromatic carbocycles. The van der Waals surface area contributed by atoms with E-state index in [1.165, 1.54) is 37.4 Å². The Balaban J connectivity index is 1.62. The molecular weight excluding hydrogens is 334 g/mol. The van der Waals surface area contributed by atoms with Gasteiger partial charge in [-0.2, -0.15) is 0 Å². The molecule has 5 heteroatoms. The number of hydrogen-bond acceptors (Lipinski definition) is 2. The fraction of sp³-hybridized carbons (Fsp3) is 0.381. The predicted molar refractivity (Wildman–Crippen MR) is 96.7 cm³/mol. The van der Waals surface area contributed by atoms with Crippen molar-refractivity contribution in [2.75, 3.05) is 26.7 Å². The number of piperidine rings is 3. The fourth-order valence-electron chi connectivity index (χ4n) is 4.02. The Bertz CT molecular complexity index is 748. The van der Waals surface area contributed by atoms with E-state index in [-0.39, 0.29) is 11.6 Å². The van der Waals surface area contributed by atoms with Gasteiger partial charge in [0.25, 0.3) is 0 Å². The average molecular weight is 357 g/mol. The first-order valence-corrected chi connectivity index (χ1v) is 9.09. The molecule has 3 fully saturated rings. The van der Waals surface area contributed by atoms with Crippen molar-refractivity contribution < 1.29 is 18.1 Å². The predicted octanol–water partition coefficient (Wildman–Crippen LogP) is 4.30. The highest BCUT2D eigenvalue weighted by Gasteiger charge is 2.41. The zero-order valence-corrected chi connectivity index (χ0v) is 14.9. The van der Waals surface area contributed by atoms with Gasteiger partial charge in [-0.25, -0.2) is 8.78 Å². The number of fused-ring (bicyclic) bond motifs is 3. The SMILES string of the molecule is C[N+]12CCC(CC1)C(=NOC(c1ccc(F)cc1)c1ccc(F)cc1)C2. The average Bonchev–Trinajstić information content (AvgIpc) is 2.65. The molecule has 0 amide bonds. The summed E-state index contributed by atoms with van der Waals surface area (Å²) in [5.41, 5.74) is 2.70. The van der Waals surface area contributed by atoms with Crippen LogP contribution in [0.3, 0.4) is 0 Å². The maximum absolute atomic E-state index is 13.3. The molecule has 0 N–H and O–H groups in total. The van der Waals surface area contributed by atoms with E-state index in [4.69, 9.17) is 4.84 Å². The van der Waals surface area contributed by atoms with Crippen LogP contribution in [0.2, 0.25) is 0 Å². The van der Waals surface area contributed by atoms with Gasteiger partial charge in [-0.15, -0.1) is 0 Å². The summed E-state index contributed by atoms with van der Waals surface area (Å²) in [5.74, 6) is -0.0995. The van der Waals surface area contributed by atoms with Crippen LogP contribution in [0.1, 0.15) is 30.1 Å². The zero-order chi connectivity index (χ0) is 18.1. The molecule has 0 radical (unpaired) electrons. The van der Waals surface area contributed by atoms with Crippen molar-refractivity contribution in [2.45, 2.75) is 18.9 Å². The van der Waals surface area contributed by atoms with Crippen molar-refractivity contribution in [3.8, 4) is 0 Å². The second-order valence-corrected chi connectivity index (χ2v) is 7.67. The lowest BCUT2D eigenvalue weighted by atomic mass is 9.85. The Labute approximate surface area is 152 Å². The minimum Gasteiger partial charge on any atom is -0.383 e. The number of oxime groups is 1. The van der Waals surface area contributed by atoms with Crippen LogP contribution >= 0.6 is 0 Å². The lowest BCUT2D eigenvalue weighted by molar-refractivity contribution is -0.911. The molecule has 2 bridgehead atoms. The van der Waals surface area contributed by atoms with Crippen molar-refractivity contribution in [1.82, 2.24) is 0 Å². The first-order valence-electron chi connectivity index (χ1n) is 9.09. The minimum absolute atomic E-state index is 0.298. The third kappa shape index (κ3) is 3.49. The largest absolute Gasteiger partial charge is 0.383 e. The van der Waals surface area contributed by atoms with E-state index < -0.39 is 6.10 Å². The van der Waals surface area contributed by atoms with Gasteiger partial charge in [-0.3, -0.25) is 0 Å². The monoisotopic (exact) mass is 357 g/mol. The Hall–Kier alpha value is -2.27. The number of quaternary nitrogens is 1. The van der Waals surface area contributed by atoms with Gasteiger partial charge < -0.3 is 9.32 Å². The number of rotatable bonds is 4. The Morgan fingerprint density at radius 1 is 0.923 bits per heavy atom. The maximum atomic E-state index is 13.3.